The molecule has 0 bridgehead atoms. The van der Waals surface area contributed by atoms with Crippen LogP contribution in [-0.4, -0.2) is 26.2 Å². The first-order chi connectivity index (χ1) is 13.3. The largest absolute Gasteiger partial charge is 0.462 e. The number of hydrogen-bond acceptors (Lipinski definition) is 6. The maximum absolute atomic E-state index is 12.8. The molecule has 7 nitrogen and oxygen atoms in total. The lowest BCUT2D eigenvalue weighted by molar-refractivity contribution is 0.0526. The first-order valence-electron chi connectivity index (χ1n) is 8.64. The molecule has 1 N–H and O–H groups in total. The number of ether oxygens (including phenoxy) is 1. The van der Waals surface area contributed by atoms with Gasteiger partial charge in [-0.25, -0.2) is 13.2 Å². The van der Waals surface area contributed by atoms with E-state index in [4.69, 9.17) is 9.26 Å². The Hall–Kier alpha value is -3.13. The molecule has 0 saturated heterocycles. The zero-order valence-electron chi connectivity index (χ0n) is 15.7. The summed E-state index contributed by atoms with van der Waals surface area (Å²) in [7, 11) is -3.84. The fraction of sp³-hybridized carbons (Fsp3) is 0.200. The Morgan fingerprint density at radius 2 is 1.93 bits per heavy atom. The van der Waals surface area contributed by atoms with E-state index in [2.05, 4.69) is 9.88 Å². The summed E-state index contributed by atoms with van der Waals surface area (Å²) >= 11 is 0. The monoisotopic (exact) mass is 400 g/mol. The summed E-state index contributed by atoms with van der Waals surface area (Å²) in [6, 6.07) is 12.8. The molecule has 3 rings (SSSR count). The van der Waals surface area contributed by atoms with Crippen molar-refractivity contribution >= 4 is 21.7 Å². The number of nitrogens with zero attached hydrogens (tertiary/aromatic N) is 1. The number of anilines is 1. The van der Waals surface area contributed by atoms with Crippen LogP contribution < -0.4 is 4.72 Å². The normalized spacial score (nSPS) is 11.2. The Labute approximate surface area is 163 Å². The first kappa shape index (κ1) is 19.6. The molecule has 0 spiro atoms. The summed E-state index contributed by atoms with van der Waals surface area (Å²) in [4.78, 5) is 12.0. The van der Waals surface area contributed by atoms with Gasteiger partial charge in [0.1, 0.15) is 0 Å². The highest BCUT2D eigenvalue weighted by molar-refractivity contribution is 7.92. The van der Waals surface area contributed by atoms with Crippen LogP contribution in [-0.2, 0) is 14.8 Å². The van der Waals surface area contributed by atoms with E-state index in [0.29, 0.717) is 11.3 Å². The second kappa shape index (κ2) is 7.85. The molecular weight excluding hydrogens is 380 g/mol. The van der Waals surface area contributed by atoms with Gasteiger partial charge in [0.2, 0.25) is 0 Å². The van der Waals surface area contributed by atoms with E-state index in [1.54, 1.807) is 50.2 Å². The number of esters is 1. The van der Waals surface area contributed by atoms with Gasteiger partial charge in [0.15, 0.2) is 5.76 Å². The molecule has 0 radical (unpaired) electrons. The number of rotatable bonds is 6. The van der Waals surface area contributed by atoms with Crippen molar-refractivity contribution in [3.05, 3.63) is 65.4 Å². The van der Waals surface area contributed by atoms with Gasteiger partial charge in [0.05, 0.1) is 22.8 Å². The molecule has 0 amide bonds. The minimum absolute atomic E-state index is 0.133. The second-order valence-electron chi connectivity index (χ2n) is 6.22. The number of benzene rings is 2. The lowest BCUT2D eigenvalue weighted by atomic mass is 10.1. The van der Waals surface area contributed by atoms with Crippen molar-refractivity contribution in [1.29, 1.82) is 0 Å². The Kier molecular flexibility index (Phi) is 5.51. The molecule has 0 unspecified atom stereocenters. The molecule has 0 fully saturated rings. The topological polar surface area (TPSA) is 98.5 Å². The Balaban J connectivity index is 1.87. The first-order valence-corrected chi connectivity index (χ1v) is 10.1. The van der Waals surface area contributed by atoms with E-state index in [-0.39, 0.29) is 22.8 Å². The highest BCUT2D eigenvalue weighted by Gasteiger charge is 2.19. The van der Waals surface area contributed by atoms with E-state index in [0.717, 1.165) is 11.3 Å². The smallest absolute Gasteiger partial charge is 0.338 e. The Bertz CT molecular complexity index is 1120. The van der Waals surface area contributed by atoms with Crippen molar-refractivity contribution in [3.63, 3.8) is 0 Å². The molecule has 0 atom stereocenters. The van der Waals surface area contributed by atoms with Crippen molar-refractivity contribution in [2.24, 2.45) is 0 Å². The number of nitrogens with one attached hydrogen (secondary N) is 1. The van der Waals surface area contributed by atoms with Crippen LogP contribution in [0, 0.1) is 13.8 Å². The zero-order valence-corrected chi connectivity index (χ0v) is 16.5. The molecule has 28 heavy (non-hydrogen) atoms. The molecule has 0 saturated carbocycles. The number of hydrogen-bond donors (Lipinski definition) is 1. The third-order valence-corrected chi connectivity index (χ3v) is 5.54. The van der Waals surface area contributed by atoms with Crippen molar-refractivity contribution in [1.82, 2.24) is 5.16 Å². The minimum Gasteiger partial charge on any atom is -0.462 e. The molecule has 2 aromatic carbocycles. The van der Waals surface area contributed by atoms with Crippen LogP contribution in [0.3, 0.4) is 0 Å². The van der Waals surface area contributed by atoms with Crippen LogP contribution in [0.5, 0.6) is 0 Å². The van der Waals surface area contributed by atoms with Gasteiger partial charge in [0, 0.05) is 17.3 Å². The third-order valence-electron chi connectivity index (χ3n) is 4.00. The fourth-order valence-corrected chi connectivity index (χ4v) is 4.02. The average molecular weight is 400 g/mol. The summed E-state index contributed by atoms with van der Waals surface area (Å²) < 4.78 is 38.3. The predicted molar refractivity (Wildman–Crippen MR) is 105 cm³/mol. The van der Waals surface area contributed by atoms with Gasteiger partial charge in [-0.2, -0.15) is 0 Å². The SMILES string of the molecule is CCOC(=O)c1cccc(NS(=O)(=O)c2ccc(-c3cc(C)no3)cc2C)c1. The van der Waals surface area contributed by atoms with E-state index < -0.39 is 16.0 Å². The summed E-state index contributed by atoms with van der Waals surface area (Å²) in [5.41, 5.74) is 2.59. The van der Waals surface area contributed by atoms with E-state index in [1.807, 2.05) is 6.92 Å². The van der Waals surface area contributed by atoms with Gasteiger partial charge in [-0.1, -0.05) is 11.2 Å². The summed E-state index contributed by atoms with van der Waals surface area (Å²) in [5, 5.41) is 3.84. The Morgan fingerprint density at radius 3 is 2.57 bits per heavy atom. The number of carbonyl (C=O) groups is 1. The van der Waals surface area contributed by atoms with E-state index >= 15 is 0 Å². The maximum atomic E-state index is 12.8. The molecular formula is C20H20N2O5S. The maximum Gasteiger partial charge on any atom is 0.338 e. The van der Waals surface area contributed by atoms with Gasteiger partial charge in [-0.15, -0.1) is 0 Å². The van der Waals surface area contributed by atoms with Crippen molar-refractivity contribution in [2.75, 3.05) is 11.3 Å². The average Bonchev–Trinajstić information content (AvgIpc) is 3.08. The quantitative estimate of drug-likeness (QED) is 0.630. The molecule has 1 aromatic heterocycles. The summed E-state index contributed by atoms with van der Waals surface area (Å²) in [5.74, 6) is 0.0612. The van der Waals surface area contributed by atoms with Crippen LogP contribution in [0.1, 0.15) is 28.5 Å². The van der Waals surface area contributed by atoms with Gasteiger partial charge >= 0.3 is 5.97 Å². The van der Waals surface area contributed by atoms with Crippen LogP contribution in [0.25, 0.3) is 11.3 Å². The molecule has 1 heterocycles. The van der Waals surface area contributed by atoms with Crippen LogP contribution in [0.15, 0.2) is 57.9 Å². The molecule has 0 aliphatic carbocycles. The van der Waals surface area contributed by atoms with Crippen molar-refractivity contribution < 1.29 is 22.5 Å². The molecule has 0 aliphatic rings. The standard InChI is InChI=1S/C20H20N2O5S/c1-4-26-20(23)16-6-5-7-17(12-16)22-28(24,25)19-9-8-15(10-13(19)2)18-11-14(3)21-27-18/h5-12,22H,4H2,1-3H3. The van der Waals surface area contributed by atoms with Crippen molar-refractivity contribution in [2.45, 2.75) is 25.7 Å². The molecule has 8 heteroatoms. The van der Waals surface area contributed by atoms with Gasteiger partial charge in [-0.3, -0.25) is 4.72 Å². The highest BCUT2D eigenvalue weighted by atomic mass is 32.2. The molecule has 0 aliphatic heterocycles. The highest BCUT2D eigenvalue weighted by Crippen LogP contribution is 2.26. The number of sulfonamides is 1. The lowest BCUT2D eigenvalue weighted by Crippen LogP contribution is -2.15. The molecule has 146 valence electrons. The van der Waals surface area contributed by atoms with Crippen LogP contribution in [0.2, 0.25) is 0 Å². The number of aryl methyl sites for hydroxylation is 2. The van der Waals surface area contributed by atoms with E-state index in [1.165, 1.54) is 12.1 Å². The van der Waals surface area contributed by atoms with Gasteiger partial charge in [-0.05, 0) is 62.7 Å². The van der Waals surface area contributed by atoms with Crippen molar-refractivity contribution in [3.8, 4) is 11.3 Å². The second-order valence-corrected chi connectivity index (χ2v) is 7.87. The lowest BCUT2D eigenvalue weighted by Gasteiger charge is -2.12. The molecule has 3 aromatic rings. The fourth-order valence-electron chi connectivity index (χ4n) is 2.74. The van der Waals surface area contributed by atoms with Crippen LogP contribution >= 0.6 is 0 Å². The van der Waals surface area contributed by atoms with Gasteiger partial charge < -0.3 is 9.26 Å². The third kappa shape index (κ3) is 4.23. The predicted octanol–water partition coefficient (Wildman–Crippen LogP) is 3.94. The van der Waals surface area contributed by atoms with Gasteiger partial charge in [0.25, 0.3) is 10.0 Å². The summed E-state index contributed by atoms with van der Waals surface area (Å²) in [6.45, 7) is 5.46. The van der Waals surface area contributed by atoms with Crippen LogP contribution in [0.4, 0.5) is 5.69 Å². The Morgan fingerprint density at radius 1 is 1.14 bits per heavy atom. The zero-order chi connectivity index (χ0) is 20.3. The van der Waals surface area contributed by atoms with E-state index in [9.17, 15) is 13.2 Å². The summed E-state index contributed by atoms with van der Waals surface area (Å²) in [6.07, 6.45) is 0. The minimum atomic E-state index is -3.84. The number of carbonyl (C=O) groups excluding carboxylic acids is 1. The number of aromatic nitrogens is 1.